The number of nitrogens with zero attached hydrogens (tertiary/aromatic N) is 1. The lowest BCUT2D eigenvalue weighted by atomic mass is 9.82. The molecule has 4 N–H and O–H groups in total. The van der Waals surface area contributed by atoms with Gasteiger partial charge in [-0.2, -0.15) is 0 Å². The molecule has 292 valence electrons. The number of Topliss-reactive ketones (excluding diaryl/α,β-unsaturated/α-hetero) is 1. The molecule has 0 spiro atoms. The number of H-pyrrole nitrogens is 1. The number of phenolic OH excluding ortho intramolecular Hbond substituents is 1. The van der Waals surface area contributed by atoms with E-state index in [1.165, 1.54) is 34.8 Å². The molecule has 55 heavy (non-hydrogen) atoms. The Bertz CT molecular complexity index is 2130. The van der Waals surface area contributed by atoms with Crippen LogP contribution in [0.25, 0.3) is 10.9 Å². The number of aliphatic hydroxyl groups is 2. The molecule has 1 saturated carbocycles. The number of aromatic nitrogens is 1. The van der Waals surface area contributed by atoms with Crippen molar-refractivity contribution in [3.8, 4) is 11.5 Å². The van der Waals surface area contributed by atoms with Crippen LogP contribution in [-0.2, 0) is 32.8 Å². The Morgan fingerprint density at radius 2 is 1.75 bits per heavy atom. The molecule has 3 aromatic heterocycles. The molecule has 0 aliphatic heterocycles. The van der Waals surface area contributed by atoms with E-state index in [4.69, 9.17) is 21.1 Å². The average molecular weight is 807 g/mol. The minimum atomic E-state index is -1.84. The number of fused-ring (bicyclic) bond motifs is 1. The van der Waals surface area contributed by atoms with Crippen molar-refractivity contribution in [3.05, 3.63) is 113 Å². The molecule has 2 aromatic carbocycles. The van der Waals surface area contributed by atoms with Gasteiger partial charge in [0, 0.05) is 41.9 Å². The number of pyridine rings is 1. The largest absolute Gasteiger partial charge is 0.506 e. The number of aromatic amines is 1. The second-order valence-electron chi connectivity index (χ2n) is 14.6. The molecule has 1 aliphatic carbocycles. The van der Waals surface area contributed by atoms with Crippen LogP contribution < -0.4 is 10.3 Å². The summed E-state index contributed by atoms with van der Waals surface area (Å²) in [5.74, 6) is -0.0237. The van der Waals surface area contributed by atoms with E-state index in [9.17, 15) is 29.7 Å². The number of rotatable bonds is 16. The van der Waals surface area contributed by atoms with E-state index in [0.717, 1.165) is 18.4 Å². The molecule has 0 amide bonds. The number of aromatic hydroxyl groups is 1. The number of aliphatic hydroxyl groups excluding tert-OH is 1. The molecular formula is C42H47ClN2O8S2. The molecule has 10 nitrogen and oxygen atoms in total. The van der Waals surface area contributed by atoms with Gasteiger partial charge in [-0.3, -0.25) is 9.59 Å². The van der Waals surface area contributed by atoms with Crippen molar-refractivity contribution in [2.75, 3.05) is 20.7 Å². The second-order valence-corrected chi connectivity index (χ2v) is 16.9. The summed E-state index contributed by atoms with van der Waals surface area (Å²) in [6, 6.07) is 17.1. The van der Waals surface area contributed by atoms with Gasteiger partial charge in [-0.15, -0.1) is 22.7 Å². The van der Waals surface area contributed by atoms with E-state index in [2.05, 4.69) is 9.88 Å². The van der Waals surface area contributed by atoms with Crippen LogP contribution >= 0.6 is 34.3 Å². The maximum Gasteiger partial charge on any atom is 0.349 e. The molecular weight excluding hydrogens is 760 g/mol. The maximum absolute atomic E-state index is 13.6. The number of esters is 1. The van der Waals surface area contributed by atoms with Gasteiger partial charge in [0.15, 0.2) is 0 Å². The predicted octanol–water partition coefficient (Wildman–Crippen LogP) is 7.69. The third-order valence-electron chi connectivity index (χ3n) is 10.8. The van der Waals surface area contributed by atoms with Crippen LogP contribution in [0.2, 0.25) is 5.02 Å². The van der Waals surface area contributed by atoms with E-state index < -0.39 is 23.3 Å². The van der Waals surface area contributed by atoms with Gasteiger partial charge in [0.2, 0.25) is 11.2 Å². The molecule has 0 radical (unpaired) electrons. The van der Waals surface area contributed by atoms with Gasteiger partial charge < -0.3 is 34.7 Å². The first-order valence-electron chi connectivity index (χ1n) is 18.5. The summed E-state index contributed by atoms with van der Waals surface area (Å²) in [7, 11) is 3.60. The molecule has 1 aliphatic rings. The summed E-state index contributed by atoms with van der Waals surface area (Å²) < 4.78 is 11.8. The van der Waals surface area contributed by atoms with Gasteiger partial charge in [0.05, 0.1) is 28.5 Å². The molecule has 0 unspecified atom stereocenters. The molecule has 0 saturated heterocycles. The zero-order valence-corrected chi connectivity index (χ0v) is 33.6. The lowest BCUT2D eigenvalue weighted by Gasteiger charge is -2.41. The molecule has 6 rings (SSSR count). The van der Waals surface area contributed by atoms with Crippen molar-refractivity contribution in [3.63, 3.8) is 0 Å². The SMILES string of the molecule is COc1cc(CC(=O)CCN(C)C2CCC(C)(OC(=O)C(O)(c3cccs3)c3cccs3)CC2)c(Cl)cc1CCC[C@H](O)c1ccc(O)c2[nH]c(=O)ccc12. The smallest absolute Gasteiger partial charge is 0.349 e. The Morgan fingerprint density at radius 1 is 1.05 bits per heavy atom. The van der Waals surface area contributed by atoms with Gasteiger partial charge in [0.1, 0.15) is 22.9 Å². The summed E-state index contributed by atoms with van der Waals surface area (Å²) >= 11 is 9.34. The Balaban J connectivity index is 0.980. The fraction of sp³-hybridized carbons (Fsp3) is 0.405. The lowest BCUT2D eigenvalue weighted by molar-refractivity contribution is -0.180. The van der Waals surface area contributed by atoms with Crippen molar-refractivity contribution < 1.29 is 34.4 Å². The van der Waals surface area contributed by atoms with Crippen molar-refractivity contribution in [1.29, 1.82) is 0 Å². The zero-order valence-electron chi connectivity index (χ0n) is 31.2. The number of benzene rings is 2. The number of ether oxygens (including phenoxy) is 2. The Hall–Kier alpha value is -4.04. The number of nitrogens with one attached hydrogen (secondary N) is 1. The summed E-state index contributed by atoms with van der Waals surface area (Å²) in [6.45, 7) is 2.52. The second kappa shape index (κ2) is 17.4. The van der Waals surface area contributed by atoms with Crippen LogP contribution in [0.1, 0.15) is 84.4 Å². The average Bonchev–Trinajstić information content (AvgIpc) is 3.92. The highest BCUT2D eigenvalue weighted by Crippen LogP contribution is 2.41. The summed E-state index contributed by atoms with van der Waals surface area (Å²) in [4.78, 5) is 44.4. The number of ketones is 1. The molecule has 13 heteroatoms. The molecule has 5 aromatic rings. The van der Waals surface area contributed by atoms with E-state index in [1.54, 1.807) is 31.4 Å². The molecule has 3 heterocycles. The zero-order chi connectivity index (χ0) is 39.3. The Kier molecular flexibility index (Phi) is 12.9. The molecule has 1 fully saturated rings. The summed E-state index contributed by atoms with van der Waals surface area (Å²) in [6.07, 6.45) is 4.19. The Labute approximate surface area is 333 Å². The van der Waals surface area contributed by atoms with Crippen molar-refractivity contribution in [2.45, 2.75) is 88.1 Å². The van der Waals surface area contributed by atoms with Gasteiger partial charge in [-0.1, -0.05) is 29.8 Å². The topological polar surface area (TPSA) is 149 Å². The highest BCUT2D eigenvalue weighted by atomic mass is 35.5. The van der Waals surface area contributed by atoms with E-state index in [1.807, 2.05) is 49.0 Å². The van der Waals surface area contributed by atoms with E-state index >= 15 is 0 Å². The van der Waals surface area contributed by atoms with Gasteiger partial charge >= 0.3 is 5.97 Å². The number of methoxy groups -OCH3 is 1. The first-order chi connectivity index (χ1) is 26.3. The number of halogens is 1. The Morgan fingerprint density at radius 3 is 2.38 bits per heavy atom. The van der Waals surface area contributed by atoms with Crippen LogP contribution in [0.5, 0.6) is 11.5 Å². The summed E-state index contributed by atoms with van der Waals surface area (Å²) in [5.41, 5.74) is -0.413. The van der Waals surface area contributed by atoms with Crippen LogP contribution in [-0.4, -0.2) is 69.3 Å². The van der Waals surface area contributed by atoms with E-state index in [0.29, 0.717) is 87.6 Å². The molecule has 0 bridgehead atoms. The van der Waals surface area contributed by atoms with Gasteiger partial charge in [-0.05, 0) is 123 Å². The van der Waals surface area contributed by atoms with Crippen molar-refractivity contribution >= 4 is 56.9 Å². The van der Waals surface area contributed by atoms with Crippen LogP contribution in [0, 0.1) is 0 Å². The number of hydrogen-bond acceptors (Lipinski definition) is 11. The van der Waals surface area contributed by atoms with Crippen LogP contribution in [0.4, 0.5) is 0 Å². The highest BCUT2D eigenvalue weighted by Gasteiger charge is 2.47. The third-order valence-corrected chi connectivity index (χ3v) is 13.1. The van der Waals surface area contributed by atoms with Crippen LogP contribution in [0.3, 0.4) is 0 Å². The number of aryl methyl sites for hydroxylation is 1. The summed E-state index contributed by atoms with van der Waals surface area (Å²) in [5, 5.41) is 37.6. The standard InChI is InChI=1S/C42H47ClN2O8S2/c1-41(53-40(50)42(51,36-9-5-21-54-36)37-10-6-22-55-37)18-15-28(16-19-41)45(2)20-17-29(46)23-27-25-35(52-3)26(24-32(27)43)7-4-8-33(47)30-11-13-34(48)39-31(30)12-14-38(49)44-39/h5-6,9-14,21-22,24-25,28,33,47-48,51H,4,7-8,15-20,23H2,1-3H3,(H,44,49)/t28?,33-,41?/m0/s1. The van der Waals surface area contributed by atoms with Gasteiger partial charge in [-0.25, -0.2) is 4.79 Å². The number of thiophene rings is 2. The van der Waals surface area contributed by atoms with E-state index in [-0.39, 0.29) is 29.6 Å². The first kappa shape index (κ1) is 40.6. The maximum atomic E-state index is 13.6. The number of carbonyl (C=O) groups is 2. The molecule has 1 atom stereocenters. The van der Waals surface area contributed by atoms with Crippen molar-refractivity contribution in [2.24, 2.45) is 0 Å². The number of phenols is 1. The highest BCUT2D eigenvalue weighted by molar-refractivity contribution is 7.12. The monoisotopic (exact) mass is 806 g/mol. The lowest BCUT2D eigenvalue weighted by Crippen LogP contribution is -2.47. The fourth-order valence-corrected chi connectivity index (χ4v) is 9.45. The normalized spacial score (nSPS) is 18.1. The first-order valence-corrected chi connectivity index (χ1v) is 20.6. The number of carbonyl (C=O) groups excluding carboxylic acids is 2. The third kappa shape index (κ3) is 9.17. The quantitative estimate of drug-likeness (QED) is 0.0737. The predicted molar refractivity (Wildman–Crippen MR) is 216 cm³/mol. The minimum absolute atomic E-state index is 0.0571. The minimum Gasteiger partial charge on any atom is -0.506 e. The fourth-order valence-electron chi connectivity index (χ4n) is 7.48. The number of hydrogen-bond donors (Lipinski definition) is 4. The van der Waals surface area contributed by atoms with Crippen molar-refractivity contribution in [1.82, 2.24) is 9.88 Å². The van der Waals surface area contributed by atoms with Gasteiger partial charge in [0.25, 0.3) is 0 Å². The van der Waals surface area contributed by atoms with Crippen LogP contribution in [0.15, 0.2) is 76.2 Å².